The van der Waals surface area contributed by atoms with Crippen molar-refractivity contribution in [2.75, 3.05) is 4.72 Å². The lowest BCUT2D eigenvalue weighted by atomic mass is 10.0. The monoisotopic (exact) mass is 467 g/mol. The predicted molar refractivity (Wildman–Crippen MR) is 118 cm³/mol. The summed E-state index contributed by atoms with van der Waals surface area (Å²) in [4.78, 5) is 17.2. The zero-order valence-electron chi connectivity index (χ0n) is 16.8. The van der Waals surface area contributed by atoms with E-state index in [1.165, 1.54) is 17.4 Å². The molecule has 1 aromatic carbocycles. The summed E-state index contributed by atoms with van der Waals surface area (Å²) in [5.74, 6) is -1.16. The molecule has 1 aromatic heterocycles. The fourth-order valence-corrected chi connectivity index (χ4v) is 4.43. The van der Waals surface area contributed by atoms with Gasteiger partial charge in [-0.1, -0.05) is 25.1 Å². The number of rotatable bonds is 9. The molecular weight excluding hydrogens is 444 g/mol. The lowest BCUT2D eigenvalue weighted by Gasteiger charge is -2.18. The lowest BCUT2D eigenvalue weighted by Crippen LogP contribution is -2.30. The van der Waals surface area contributed by atoms with E-state index in [9.17, 15) is 17.8 Å². The largest absolute Gasteiger partial charge is 0.346 e. The van der Waals surface area contributed by atoms with Crippen LogP contribution in [0.5, 0.6) is 0 Å². The summed E-state index contributed by atoms with van der Waals surface area (Å²) in [6.45, 7) is 2.00. The van der Waals surface area contributed by atoms with Crippen molar-refractivity contribution in [2.24, 2.45) is 0 Å². The molecule has 0 radical (unpaired) electrons. The van der Waals surface area contributed by atoms with Crippen molar-refractivity contribution >= 4 is 34.2 Å². The Labute approximate surface area is 185 Å². The Bertz CT molecular complexity index is 1010. The number of aryl methyl sites for hydroxylation is 1. The van der Waals surface area contributed by atoms with Crippen LogP contribution in [0.25, 0.3) is 0 Å². The van der Waals surface area contributed by atoms with E-state index in [2.05, 4.69) is 15.0 Å². The minimum atomic E-state index is -2.15. The molecule has 2 aromatic rings. The molecule has 0 saturated heterocycles. The van der Waals surface area contributed by atoms with Gasteiger partial charge in [0, 0.05) is 17.5 Å². The van der Waals surface area contributed by atoms with Crippen molar-refractivity contribution in [3.05, 3.63) is 69.5 Å². The molecule has 0 spiro atoms. The highest BCUT2D eigenvalue weighted by Gasteiger charge is 2.22. The van der Waals surface area contributed by atoms with Crippen molar-refractivity contribution in [2.45, 2.75) is 44.8 Å². The molecule has 3 rings (SSSR count). The summed E-state index contributed by atoms with van der Waals surface area (Å²) in [6.07, 6.45) is 2.10. The summed E-state index contributed by atoms with van der Waals surface area (Å²) in [6, 6.07) is 6.55. The maximum Gasteiger partial charge on any atom is 0.259 e. The molecule has 0 fully saturated rings. The third-order valence-electron chi connectivity index (χ3n) is 4.74. The predicted octanol–water partition coefficient (Wildman–Crippen LogP) is 4.57. The molecule has 3 atom stereocenters. The number of anilines is 1. The maximum atomic E-state index is 13.5. The van der Waals surface area contributed by atoms with Gasteiger partial charge in [-0.25, -0.2) is 18.0 Å². The van der Waals surface area contributed by atoms with Crippen LogP contribution >= 0.6 is 11.3 Å². The van der Waals surface area contributed by atoms with E-state index in [-0.39, 0.29) is 18.7 Å². The molecular formula is C21H23F2N3O3S2. The van der Waals surface area contributed by atoms with Crippen LogP contribution < -0.4 is 10.0 Å². The van der Waals surface area contributed by atoms with Crippen molar-refractivity contribution in [1.29, 1.82) is 0 Å². The van der Waals surface area contributed by atoms with Crippen molar-refractivity contribution < 1.29 is 22.3 Å². The van der Waals surface area contributed by atoms with Crippen LogP contribution in [0, 0.1) is 0 Å². The van der Waals surface area contributed by atoms with Crippen LogP contribution in [0.2, 0.25) is 0 Å². The summed E-state index contributed by atoms with van der Waals surface area (Å²) in [5.41, 5.74) is 2.77. The fraction of sp³-hybridized carbons (Fsp3) is 0.333. The molecule has 166 valence electrons. The van der Waals surface area contributed by atoms with Crippen LogP contribution in [0.3, 0.4) is 0 Å². The number of aromatic nitrogens is 1. The second-order valence-corrected chi connectivity index (χ2v) is 8.68. The molecule has 2 unspecified atom stereocenters. The first-order valence-corrected chi connectivity index (χ1v) is 11.7. The molecule has 10 heteroatoms. The molecule has 1 amide bonds. The smallest absolute Gasteiger partial charge is 0.259 e. The van der Waals surface area contributed by atoms with Gasteiger partial charge in [-0.15, -0.1) is 11.3 Å². The van der Waals surface area contributed by atoms with Gasteiger partial charge in [0.05, 0.1) is 18.2 Å². The summed E-state index contributed by atoms with van der Waals surface area (Å²) >= 11 is -0.700. The number of nitrogens with one attached hydrogen (secondary N) is 2. The van der Waals surface area contributed by atoms with Gasteiger partial charge in [-0.2, -0.15) is 0 Å². The van der Waals surface area contributed by atoms with Crippen LogP contribution in [0.15, 0.2) is 53.2 Å². The van der Waals surface area contributed by atoms with Gasteiger partial charge in [-0.3, -0.25) is 14.1 Å². The van der Waals surface area contributed by atoms with Gasteiger partial charge >= 0.3 is 0 Å². The maximum absolute atomic E-state index is 13.5. The number of carbonyl (C=O) groups is 1. The molecule has 0 bridgehead atoms. The number of nitrogens with zero attached hydrogens (tertiary/aromatic N) is 1. The Balaban J connectivity index is 1.72. The molecule has 0 aliphatic heterocycles. The van der Waals surface area contributed by atoms with Gasteiger partial charge in [0.1, 0.15) is 10.8 Å². The first kappa shape index (κ1) is 23.2. The number of allylic oxidation sites excluding steroid dienone is 3. The number of hydrogen-bond acceptors (Lipinski definition) is 4. The number of hydrogen-bond donors (Lipinski definition) is 3. The Morgan fingerprint density at radius 2 is 2.13 bits per heavy atom. The van der Waals surface area contributed by atoms with E-state index in [0.717, 1.165) is 28.8 Å². The summed E-state index contributed by atoms with van der Waals surface area (Å²) < 4.78 is 48.9. The first-order chi connectivity index (χ1) is 14.8. The second kappa shape index (κ2) is 10.7. The Hall–Kier alpha value is -2.43. The SMILES string of the molecule is CCc1csc([C@H](Cc2ccc(NS(=O)O)cc2)NC(=O)CC2=CCC(F)C(F)=C2)n1. The van der Waals surface area contributed by atoms with Crippen LogP contribution in [0.1, 0.15) is 42.1 Å². The van der Waals surface area contributed by atoms with Crippen molar-refractivity contribution in [3.63, 3.8) is 0 Å². The number of amides is 1. The van der Waals surface area contributed by atoms with Gasteiger partial charge in [0.25, 0.3) is 11.3 Å². The third kappa shape index (κ3) is 6.78. The number of benzene rings is 1. The number of carbonyl (C=O) groups excluding carboxylic acids is 1. The summed E-state index contributed by atoms with van der Waals surface area (Å²) in [5, 5.41) is 5.66. The van der Waals surface area contributed by atoms with E-state index >= 15 is 0 Å². The topological polar surface area (TPSA) is 91.3 Å². The molecule has 1 heterocycles. The molecule has 0 saturated carbocycles. The van der Waals surface area contributed by atoms with E-state index in [1.54, 1.807) is 24.3 Å². The van der Waals surface area contributed by atoms with Crippen LogP contribution in [-0.4, -0.2) is 25.8 Å². The van der Waals surface area contributed by atoms with Crippen molar-refractivity contribution in [3.8, 4) is 0 Å². The van der Waals surface area contributed by atoms with Gasteiger partial charge in [0.15, 0.2) is 6.17 Å². The van der Waals surface area contributed by atoms with Crippen LogP contribution in [-0.2, 0) is 28.9 Å². The van der Waals surface area contributed by atoms with Gasteiger partial charge in [0.2, 0.25) is 5.91 Å². The minimum Gasteiger partial charge on any atom is -0.346 e. The fourth-order valence-electron chi connectivity index (χ4n) is 3.14. The molecule has 31 heavy (non-hydrogen) atoms. The number of thiazole rings is 1. The highest BCUT2D eigenvalue weighted by Crippen LogP contribution is 2.26. The third-order valence-corrected chi connectivity index (χ3v) is 6.16. The van der Waals surface area contributed by atoms with E-state index in [0.29, 0.717) is 17.7 Å². The quantitative estimate of drug-likeness (QED) is 0.471. The number of alkyl halides is 1. The average Bonchev–Trinajstić information content (AvgIpc) is 3.20. The Morgan fingerprint density at radius 1 is 1.39 bits per heavy atom. The van der Waals surface area contributed by atoms with Gasteiger partial charge < -0.3 is 5.32 Å². The zero-order valence-corrected chi connectivity index (χ0v) is 18.4. The van der Waals surface area contributed by atoms with E-state index < -0.39 is 29.3 Å². The highest BCUT2D eigenvalue weighted by atomic mass is 32.2. The van der Waals surface area contributed by atoms with Gasteiger partial charge in [-0.05, 0) is 42.2 Å². The zero-order chi connectivity index (χ0) is 22.4. The first-order valence-electron chi connectivity index (χ1n) is 9.74. The average molecular weight is 468 g/mol. The molecule has 3 N–H and O–H groups in total. The van der Waals surface area contributed by atoms with E-state index in [4.69, 9.17) is 4.55 Å². The summed E-state index contributed by atoms with van der Waals surface area (Å²) in [7, 11) is 0. The Kier molecular flexibility index (Phi) is 8.05. The molecule has 1 aliphatic rings. The lowest BCUT2D eigenvalue weighted by molar-refractivity contribution is -0.121. The molecule has 6 nitrogen and oxygen atoms in total. The van der Waals surface area contributed by atoms with E-state index in [1.807, 2.05) is 12.3 Å². The molecule has 1 aliphatic carbocycles. The number of halogens is 2. The Morgan fingerprint density at radius 3 is 2.74 bits per heavy atom. The van der Waals surface area contributed by atoms with Crippen molar-refractivity contribution in [1.82, 2.24) is 10.3 Å². The minimum absolute atomic E-state index is 0.0478. The second-order valence-electron chi connectivity index (χ2n) is 7.09. The van der Waals surface area contributed by atoms with Crippen LogP contribution in [0.4, 0.5) is 14.5 Å². The normalized spacial score (nSPS) is 18.0. The highest BCUT2D eigenvalue weighted by molar-refractivity contribution is 7.80. The standard InChI is InChI=1S/C21H23F2N3O3S2/c1-2-15-12-30-21(24-15)19(10-13-3-6-16(7-4-13)26-31(28)29)25-20(27)11-14-5-8-17(22)18(23)9-14/h3-7,9,12,17,19,26H,2,8,10-11H2,1H3,(H,25,27)(H,28,29)/t17?,19-/m0/s1.